The van der Waals surface area contributed by atoms with Crippen LogP contribution in [0.15, 0.2) is 18.3 Å². The van der Waals surface area contributed by atoms with Gasteiger partial charge in [-0.2, -0.15) is 0 Å². The molecule has 1 fully saturated rings. The normalized spacial score (nSPS) is 16.4. The monoisotopic (exact) mass is 319 g/mol. The highest BCUT2D eigenvalue weighted by Crippen LogP contribution is 2.19. The lowest BCUT2D eigenvalue weighted by atomic mass is 9.97. The number of likely N-dealkylation sites (tertiary alicyclic amines) is 1. The Labute approximate surface area is 139 Å². The fraction of sp³-hybridized carbons (Fsp3) is 0.667. The number of carbonyl (C=O) groups excluding carboxylic acids is 1. The van der Waals surface area contributed by atoms with Crippen LogP contribution in [0, 0.1) is 12.8 Å². The van der Waals surface area contributed by atoms with Crippen LogP contribution in [0.2, 0.25) is 0 Å². The van der Waals surface area contributed by atoms with Gasteiger partial charge in [0.1, 0.15) is 5.60 Å². The molecule has 1 aromatic heterocycles. The van der Waals surface area contributed by atoms with Crippen molar-refractivity contribution in [1.82, 2.24) is 15.2 Å². The van der Waals surface area contributed by atoms with Crippen LogP contribution < -0.4 is 5.32 Å². The average molecular weight is 319 g/mol. The number of amides is 1. The number of nitrogens with zero attached hydrogens (tertiary/aromatic N) is 2. The molecule has 0 aliphatic carbocycles. The van der Waals surface area contributed by atoms with E-state index in [2.05, 4.69) is 22.4 Å². The van der Waals surface area contributed by atoms with E-state index in [1.54, 1.807) is 0 Å². The third kappa shape index (κ3) is 6.18. The molecule has 23 heavy (non-hydrogen) atoms. The van der Waals surface area contributed by atoms with E-state index in [1.165, 1.54) is 5.56 Å². The first-order valence-electron chi connectivity index (χ1n) is 8.44. The maximum atomic E-state index is 12.0. The van der Waals surface area contributed by atoms with Gasteiger partial charge < -0.3 is 15.0 Å². The Kier molecular flexibility index (Phi) is 5.99. The number of hydrogen-bond donors (Lipinski definition) is 1. The smallest absolute Gasteiger partial charge is 0.410 e. The van der Waals surface area contributed by atoms with Gasteiger partial charge in [-0.15, -0.1) is 0 Å². The second-order valence-electron chi connectivity index (χ2n) is 7.37. The number of ether oxygens (including phenoxy) is 1. The maximum Gasteiger partial charge on any atom is 0.410 e. The van der Waals surface area contributed by atoms with Gasteiger partial charge in [0.2, 0.25) is 0 Å². The molecule has 2 heterocycles. The number of aromatic nitrogens is 1. The van der Waals surface area contributed by atoms with E-state index < -0.39 is 5.60 Å². The van der Waals surface area contributed by atoms with E-state index in [9.17, 15) is 4.79 Å². The molecule has 1 aliphatic heterocycles. The molecule has 0 spiro atoms. The van der Waals surface area contributed by atoms with Gasteiger partial charge in [0.05, 0.1) is 5.69 Å². The number of hydrogen-bond acceptors (Lipinski definition) is 4. The SMILES string of the molecule is Cc1ccc(CNCC2CCN(C(=O)OC(C)(C)C)CC2)nc1. The maximum absolute atomic E-state index is 12.0. The minimum Gasteiger partial charge on any atom is -0.444 e. The molecule has 0 radical (unpaired) electrons. The fourth-order valence-electron chi connectivity index (χ4n) is 2.65. The van der Waals surface area contributed by atoms with Crippen LogP contribution in [0.5, 0.6) is 0 Å². The molecule has 5 nitrogen and oxygen atoms in total. The first kappa shape index (κ1) is 17.7. The van der Waals surface area contributed by atoms with Crippen LogP contribution in [0.1, 0.15) is 44.9 Å². The van der Waals surface area contributed by atoms with Crippen LogP contribution in [0.25, 0.3) is 0 Å². The standard InChI is InChI=1S/C18H29N3O2/c1-14-5-6-16(20-11-14)13-19-12-15-7-9-21(10-8-15)17(22)23-18(2,3)4/h5-6,11,15,19H,7-10,12-13H2,1-4H3. The van der Waals surface area contributed by atoms with Gasteiger partial charge in [0.15, 0.2) is 0 Å². The summed E-state index contributed by atoms with van der Waals surface area (Å²) in [5, 5.41) is 3.48. The van der Waals surface area contributed by atoms with E-state index in [0.717, 1.165) is 44.7 Å². The molecule has 1 amide bonds. The van der Waals surface area contributed by atoms with E-state index >= 15 is 0 Å². The zero-order valence-electron chi connectivity index (χ0n) is 14.8. The van der Waals surface area contributed by atoms with Crippen LogP contribution in [0.3, 0.4) is 0 Å². The predicted octanol–water partition coefficient (Wildman–Crippen LogP) is 3.13. The highest BCUT2D eigenvalue weighted by Gasteiger charge is 2.26. The Bertz CT molecular complexity index is 500. The summed E-state index contributed by atoms with van der Waals surface area (Å²) in [6, 6.07) is 4.15. The summed E-state index contributed by atoms with van der Waals surface area (Å²) >= 11 is 0. The molecule has 128 valence electrons. The molecule has 0 unspecified atom stereocenters. The molecule has 1 N–H and O–H groups in total. The third-order valence-electron chi connectivity index (χ3n) is 3.98. The Balaban J connectivity index is 1.66. The Morgan fingerprint density at radius 3 is 2.61 bits per heavy atom. The molecule has 0 atom stereocenters. The highest BCUT2D eigenvalue weighted by molar-refractivity contribution is 5.68. The average Bonchev–Trinajstić information content (AvgIpc) is 2.48. The summed E-state index contributed by atoms with van der Waals surface area (Å²) < 4.78 is 5.42. The third-order valence-corrected chi connectivity index (χ3v) is 3.98. The van der Waals surface area contributed by atoms with Crippen molar-refractivity contribution >= 4 is 6.09 Å². The van der Waals surface area contributed by atoms with Crippen LogP contribution in [-0.2, 0) is 11.3 Å². The minimum atomic E-state index is -0.420. The first-order valence-corrected chi connectivity index (χ1v) is 8.44. The van der Waals surface area contributed by atoms with Crippen LogP contribution >= 0.6 is 0 Å². The number of carbonyl (C=O) groups is 1. The van der Waals surface area contributed by atoms with E-state index in [-0.39, 0.29) is 6.09 Å². The van der Waals surface area contributed by atoms with Crippen molar-refractivity contribution in [3.05, 3.63) is 29.6 Å². The number of nitrogens with one attached hydrogen (secondary N) is 1. The quantitative estimate of drug-likeness (QED) is 0.926. The molecular weight excluding hydrogens is 290 g/mol. The van der Waals surface area contributed by atoms with Gasteiger partial charge >= 0.3 is 6.09 Å². The van der Waals surface area contributed by atoms with Gasteiger partial charge in [-0.05, 0) is 64.6 Å². The van der Waals surface area contributed by atoms with E-state index in [1.807, 2.05) is 38.8 Å². The predicted molar refractivity (Wildman–Crippen MR) is 91.2 cm³/mol. The zero-order valence-corrected chi connectivity index (χ0v) is 14.8. The molecule has 1 aromatic rings. The second kappa shape index (κ2) is 7.77. The molecule has 0 bridgehead atoms. The lowest BCUT2D eigenvalue weighted by Crippen LogP contribution is -2.43. The van der Waals surface area contributed by atoms with Crippen molar-refractivity contribution < 1.29 is 9.53 Å². The molecular formula is C18H29N3O2. The van der Waals surface area contributed by atoms with Gasteiger partial charge in [-0.1, -0.05) is 6.07 Å². The summed E-state index contributed by atoms with van der Waals surface area (Å²) in [6.07, 6.45) is 3.75. The van der Waals surface area contributed by atoms with E-state index in [0.29, 0.717) is 5.92 Å². The summed E-state index contributed by atoms with van der Waals surface area (Å²) in [4.78, 5) is 18.2. The topological polar surface area (TPSA) is 54.5 Å². The molecule has 0 saturated carbocycles. The summed E-state index contributed by atoms with van der Waals surface area (Å²) in [5.74, 6) is 0.610. The van der Waals surface area contributed by atoms with Crippen molar-refractivity contribution in [1.29, 1.82) is 0 Å². The van der Waals surface area contributed by atoms with E-state index in [4.69, 9.17) is 4.74 Å². The number of pyridine rings is 1. The van der Waals surface area contributed by atoms with Crippen molar-refractivity contribution in [2.24, 2.45) is 5.92 Å². The fourth-order valence-corrected chi connectivity index (χ4v) is 2.65. The summed E-state index contributed by atoms with van der Waals surface area (Å²) in [6.45, 7) is 11.1. The molecule has 1 aliphatic rings. The lowest BCUT2D eigenvalue weighted by molar-refractivity contribution is 0.0184. The first-order chi connectivity index (χ1) is 10.8. The van der Waals surface area contributed by atoms with Crippen LogP contribution in [-0.4, -0.2) is 41.2 Å². The number of piperidine rings is 1. The Morgan fingerprint density at radius 2 is 2.04 bits per heavy atom. The molecule has 5 heteroatoms. The van der Waals surface area contributed by atoms with Crippen molar-refractivity contribution in [3.63, 3.8) is 0 Å². The number of aryl methyl sites for hydroxylation is 1. The number of rotatable bonds is 4. The Morgan fingerprint density at radius 1 is 1.35 bits per heavy atom. The van der Waals surface area contributed by atoms with Gasteiger partial charge in [-0.3, -0.25) is 4.98 Å². The van der Waals surface area contributed by atoms with Crippen molar-refractivity contribution in [2.75, 3.05) is 19.6 Å². The van der Waals surface area contributed by atoms with Gasteiger partial charge in [0, 0.05) is 25.8 Å². The minimum absolute atomic E-state index is 0.187. The molecule has 1 saturated heterocycles. The molecule has 0 aromatic carbocycles. The summed E-state index contributed by atoms with van der Waals surface area (Å²) in [5.41, 5.74) is 1.83. The van der Waals surface area contributed by atoms with Crippen molar-refractivity contribution in [2.45, 2.75) is 52.7 Å². The Hall–Kier alpha value is -1.62. The largest absolute Gasteiger partial charge is 0.444 e. The second-order valence-corrected chi connectivity index (χ2v) is 7.37. The van der Waals surface area contributed by atoms with Crippen molar-refractivity contribution in [3.8, 4) is 0 Å². The zero-order chi connectivity index (χ0) is 16.9. The van der Waals surface area contributed by atoms with Crippen LogP contribution in [0.4, 0.5) is 4.79 Å². The highest BCUT2D eigenvalue weighted by atomic mass is 16.6. The summed E-state index contributed by atoms with van der Waals surface area (Å²) in [7, 11) is 0. The lowest BCUT2D eigenvalue weighted by Gasteiger charge is -2.33. The van der Waals surface area contributed by atoms with Gasteiger partial charge in [0.25, 0.3) is 0 Å². The molecule has 2 rings (SSSR count). The van der Waals surface area contributed by atoms with Gasteiger partial charge in [-0.25, -0.2) is 4.79 Å².